The third kappa shape index (κ3) is 3.55. The van der Waals surface area contributed by atoms with E-state index in [-0.39, 0.29) is 0 Å². The number of rotatable bonds is 7. The third-order valence-electron chi connectivity index (χ3n) is 3.38. The van der Waals surface area contributed by atoms with Gasteiger partial charge in [-0.05, 0) is 25.0 Å². The molecule has 0 aliphatic heterocycles. The Kier molecular flexibility index (Phi) is 5.13. The molecular weight excluding hydrogens is 214 g/mol. The summed E-state index contributed by atoms with van der Waals surface area (Å²) in [4.78, 5) is 15.8. The van der Waals surface area contributed by atoms with Gasteiger partial charge in [-0.3, -0.25) is 9.78 Å². The van der Waals surface area contributed by atoms with Crippen LogP contribution in [0.25, 0.3) is 0 Å². The van der Waals surface area contributed by atoms with E-state index in [0.717, 1.165) is 25.0 Å². The Bertz CT molecular complexity index is 350. The summed E-state index contributed by atoms with van der Waals surface area (Å²) in [5.74, 6) is -0.695. The smallest absolute Gasteiger partial charge is 0.310 e. The maximum Gasteiger partial charge on any atom is 0.310 e. The van der Waals surface area contributed by atoms with Gasteiger partial charge in [0.2, 0.25) is 0 Å². The molecule has 3 nitrogen and oxygen atoms in total. The fourth-order valence-corrected chi connectivity index (χ4v) is 2.09. The number of aromatic nitrogens is 1. The lowest BCUT2D eigenvalue weighted by Gasteiger charge is -2.27. The number of carboxylic acid groups (broad SMARTS) is 1. The Morgan fingerprint density at radius 1 is 1.41 bits per heavy atom. The summed E-state index contributed by atoms with van der Waals surface area (Å²) in [6, 6.07) is 5.66. The number of nitrogens with zero attached hydrogens (tertiary/aromatic N) is 1. The van der Waals surface area contributed by atoms with Crippen molar-refractivity contribution in [1.82, 2.24) is 4.98 Å². The lowest BCUT2D eigenvalue weighted by atomic mass is 9.76. The number of carboxylic acids is 1. The highest BCUT2D eigenvalue weighted by Crippen LogP contribution is 2.32. The first-order valence-electron chi connectivity index (χ1n) is 6.28. The van der Waals surface area contributed by atoms with Crippen LogP contribution in [-0.4, -0.2) is 16.1 Å². The number of carbonyl (C=O) groups is 1. The average Bonchev–Trinajstić information content (AvgIpc) is 2.35. The van der Waals surface area contributed by atoms with Crippen molar-refractivity contribution in [3.05, 3.63) is 30.1 Å². The van der Waals surface area contributed by atoms with Crippen LogP contribution in [0.5, 0.6) is 0 Å². The molecule has 0 aromatic carbocycles. The lowest BCUT2D eigenvalue weighted by Crippen LogP contribution is -2.33. The van der Waals surface area contributed by atoms with Gasteiger partial charge >= 0.3 is 5.97 Å². The second-order valence-electron chi connectivity index (χ2n) is 4.54. The molecule has 0 amide bonds. The van der Waals surface area contributed by atoms with Crippen LogP contribution in [0.1, 0.15) is 45.2 Å². The Balaban J connectivity index is 2.86. The molecule has 0 saturated heterocycles. The number of unbranched alkanes of at least 4 members (excludes halogenated alkanes) is 1. The zero-order valence-corrected chi connectivity index (χ0v) is 10.6. The molecule has 0 fully saturated rings. The molecule has 1 aromatic heterocycles. The molecule has 0 radical (unpaired) electrons. The van der Waals surface area contributed by atoms with E-state index in [1.54, 1.807) is 6.20 Å². The van der Waals surface area contributed by atoms with Gasteiger partial charge in [-0.2, -0.15) is 0 Å². The number of hydrogen-bond acceptors (Lipinski definition) is 2. The fourth-order valence-electron chi connectivity index (χ4n) is 2.09. The standard InChI is InChI=1S/C14H21NO2/c1-3-5-9-14(4-2,13(16)17)11-12-8-6-7-10-15-12/h6-8,10H,3-5,9,11H2,1-2H3,(H,16,17). The van der Waals surface area contributed by atoms with Crippen LogP contribution in [-0.2, 0) is 11.2 Å². The average molecular weight is 235 g/mol. The van der Waals surface area contributed by atoms with Crippen molar-refractivity contribution in [1.29, 1.82) is 0 Å². The Hall–Kier alpha value is -1.38. The number of pyridine rings is 1. The zero-order valence-electron chi connectivity index (χ0n) is 10.6. The molecule has 1 N–H and O–H groups in total. The van der Waals surface area contributed by atoms with Gasteiger partial charge in [0.15, 0.2) is 0 Å². The maximum absolute atomic E-state index is 11.5. The summed E-state index contributed by atoms with van der Waals surface area (Å²) in [5, 5.41) is 9.48. The van der Waals surface area contributed by atoms with Gasteiger partial charge in [0.25, 0.3) is 0 Å². The van der Waals surface area contributed by atoms with E-state index >= 15 is 0 Å². The lowest BCUT2D eigenvalue weighted by molar-refractivity contribution is -0.149. The third-order valence-corrected chi connectivity index (χ3v) is 3.38. The van der Waals surface area contributed by atoms with Crippen LogP contribution in [0, 0.1) is 5.41 Å². The van der Waals surface area contributed by atoms with Gasteiger partial charge in [0.05, 0.1) is 5.41 Å². The van der Waals surface area contributed by atoms with Crippen LogP contribution < -0.4 is 0 Å². The second kappa shape index (κ2) is 6.38. The van der Waals surface area contributed by atoms with Crippen molar-refractivity contribution < 1.29 is 9.90 Å². The Morgan fingerprint density at radius 3 is 2.65 bits per heavy atom. The molecule has 94 valence electrons. The van der Waals surface area contributed by atoms with E-state index < -0.39 is 11.4 Å². The molecule has 1 heterocycles. The van der Waals surface area contributed by atoms with Crippen molar-refractivity contribution in [2.24, 2.45) is 5.41 Å². The van der Waals surface area contributed by atoms with Crippen molar-refractivity contribution in [3.63, 3.8) is 0 Å². The second-order valence-corrected chi connectivity index (χ2v) is 4.54. The van der Waals surface area contributed by atoms with Crippen LogP contribution >= 0.6 is 0 Å². The van der Waals surface area contributed by atoms with Crippen molar-refractivity contribution in [3.8, 4) is 0 Å². The van der Waals surface area contributed by atoms with Crippen LogP contribution in [0.3, 0.4) is 0 Å². The summed E-state index contributed by atoms with van der Waals surface area (Å²) >= 11 is 0. The Morgan fingerprint density at radius 2 is 2.18 bits per heavy atom. The fraction of sp³-hybridized carbons (Fsp3) is 0.571. The van der Waals surface area contributed by atoms with E-state index in [4.69, 9.17) is 0 Å². The van der Waals surface area contributed by atoms with Gasteiger partial charge in [0, 0.05) is 18.3 Å². The molecule has 1 unspecified atom stereocenters. The van der Waals surface area contributed by atoms with Gasteiger partial charge in [-0.15, -0.1) is 0 Å². The molecular formula is C14H21NO2. The molecule has 17 heavy (non-hydrogen) atoms. The number of hydrogen-bond donors (Lipinski definition) is 1. The van der Waals surface area contributed by atoms with Crippen LogP contribution in [0.15, 0.2) is 24.4 Å². The summed E-state index contributed by atoms with van der Waals surface area (Å²) in [7, 11) is 0. The minimum absolute atomic E-state index is 0.527. The van der Waals surface area contributed by atoms with E-state index in [2.05, 4.69) is 11.9 Å². The first-order chi connectivity index (χ1) is 8.14. The highest BCUT2D eigenvalue weighted by Gasteiger charge is 2.36. The molecule has 0 spiro atoms. The minimum Gasteiger partial charge on any atom is -0.481 e. The molecule has 0 aliphatic rings. The largest absolute Gasteiger partial charge is 0.481 e. The first kappa shape index (κ1) is 13.7. The summed E-state index contributed by atoms with van der Waals surface area (Å²) < 4.78 is 0. The van der Waals surface area contributed by atoms with E-state index in [9.17, 15) is 9.90 Å². The Labute approximate surface area is 103 Å². The number of aliphatic carboxylic acids is 1. The molecule has 3 heteroatoms. The normalized spacial score (nSPS) is 14.2. The topological polar surface area (TPSA) is 50.2 Å². The summed E-state index contributed by atoms with van der Waals surface area (Å²) in [6.45, 7) is 4.04. The van der Waals surface area contributed by atoms with E-state index in [1.807, 2.05) is 25.1 Å². The van der Waals surface area contributed by atoms with Crippen molar-refractivity contribution >= 4 is 5.97 Å². The quantitative estimate of drug-likeness (QED) is 0.789. The van der Waals surface area contributed by atoms with E-state index in [0.29, 0.717) is 12.8 Å². The molecule has 0 bridgehead atoms. The molecule has 0 saturated carbocycles. The van der Waals surface area contributed by atoms with Gasteiger partial charge in [-0.1, -0.05) is 32.8 Å². The zero-order chi connectivity index (χ0) is 12.7. The molecule has 0 aliphatic carbocycles. The van der Waals surface area contributed by atoms with Crippen LogP contribution in [0.2, 0.25) is 0 Å². The minimum atomic E-state index is -0.695. The predicted molar refractivity (Wildman–Crippen MR) is 67.8 cm³/mol. The van der Waals surface area contributed by atoms with Crippen LogP contribution in [0.4, 0.5) is 0 Å². The van der Waals surface area contributed by atoms with Crippen molar-refractivity contribution in [2.75, 3.05) is 0 Å². The molecule has 1 rings (SSSR count). The first-order valence-corrected chi connectivity index (χ1v) is 6.28. The SMILES string of the molecule is CCCCC(CC)(Cc1ccccn1)C(=O)O. The highest BCUT2D eigenvalue weighted by molar-refractivity contribution is 5.74. The summed E-state index contributed by atoms with van der Waals surface area (Å²) in [6.07, 6.45) is 5.60. The predicted octanol–water partition coefficient (Wildman–Crippen LogP) is 3.30. The van der Waals surface area contributed by atoms with Gasteiger partial charge in [0.1, 0.15) is 0 Å². The molecule has 1 atom stereocenters. The maximum atomic E-state index is 11.5. The van der Waals surface area contributed by atoms with Gasteiger partial charge in [-0.25, -0.2) is 0 Å². The molecule has 1 aromatic rings. The summed E-state index contributed by atoms with van der Waals surface area (Å²) in [5.41, 5.74) is 0.220. The highest BCUT2D eigenvalue weighted by atomic mass is 16.4. The monoisotopic (exact) mass is 235 g/mol. The van der Waals surface area contributed by atoms with E-state index in [1.165, 1.54) is 0 Å². The van der Waals surface area contributed by atoms with Crippen molar-refractivity contribution in [2.45, 2.75) is 46.0 Å². The van der Waals surface area contributed by atoms with Gasteiger partial charge < -0.3 is 5.11 Å².